The van der Waals surface area contributed by atoms with E-state index in [4.69, 9.17) is 23.2 Å². The van der Waals surface area contributed by atoms with Gasteiger partial charge in [0, 0.05) is 22.6 Å². The van der Waals surface area contributed by atoms with Gasteiger partial charge in [-0.05, 0) is 42.3 Å². The van der Waals surface area contributed by atoms with E-state index < -0.39 is 0 Å². The Balaban J connectivity index is 1.96. The van der Waals surface area contributed by atoms with Crippen molar-refractivity contribution in [1.82, 2.24) is 5.32 Å². The largest absolute Gasteiger partial charge is 0.306 e. The van der Waals surface area contributed by atoms with Gasteiger partial charge in [0.25, 0.3) is 0 Å². The second-order valence-electron chi connectivity index (χ2n) is 4.28. The van der Waals surface area contributed by atoms with Gasteiger partial charge in [-0.15, -0.1) is 0 Å². The highest BCUT2D eigenvalue weighted by molar-refractivity contribution is 6.30. The van der Waals surface area contributed by atoms with Gasteiger partial charge in [-0.3, -0.25) is 0 Å². The lowest BCUT2D eigenvalue weighted by Crippen LogP contribution is -2.17. The molecule has 1 unspecified atom stereocenters. The predicted molar refractivity (Wildman–Crippen MR) is 78.2 cm³/mol. The van der Waals surface area contributed by atoms with Crippen molar-refractivity contribution in [1.29, 1.82) is 0 Å². The molecule has 0 aliphatic heterocycles. The van der Waals surface area contributed by atoms with Gasteiger partial charge in [0.2, 0.25) is 0 Å². The molecule has 2 rings (SSSR count). The first-order chi connectivity index (χ1) is 8.65. The molecule has 2 aromatic rings. The van der Waals surface area contributed by atoms with Crippen molar-refractivity contribution >= 4 is 23.2 Å². The SMILES string of the molecule is CC(NCc1cccc(Cl)c1)c1ccc(Cl)cc1. The van der Waals surface area contributed by atoms with E-state index in [0.29, 0.717) is 0 Å². The fraction of sp³-hybridized carbons (Fsp3) is 0.200. The molecule has 2 aromatic carbocycles. The number of benzene rings is 2. The van der Waals surface area contributed by atoms with Crippen LogP contribution in [0.5, 0.6) is 0 Å². The average Bonchev–Trinajstić information content (AvgIpc) is 2.37. The van der Waals surface area contributed by atoms with E-state index in [1.165, 1.54) is 11.1 Å². The van der Waals surface area contributed by atoms with Crippen molar-refractivity contribution < 1.29 is 0 Å². The van der Waals surface area contributed by atoms with E-state index in [1.807, 2.05) is 42.5 Å². The Hall–Kier alpha value is -1.02. The molecule has 0 heterocycles. The minimum absolute atomic E-state index is 0.279. The minimum Gasteiger partial charge on any atom is -0.306 e. The first-order valence-corrected chi connectivity index (χ1v) is 6.64. The normalized spacial score (nSPS) is 12.4. The van der Waals surface area contributed by atoms with Crippen LogP contribution in [0.15, 0.2) is 48.5 Å². The second-order valence-corrected chi connectivity index (χ2v) is 5.16. The van der Waals surface area contributed by atoms with Crippen LogP contribution in [-0.2, 0) is 6.54 Å². The summed E-state index contributed by atoms with van der Waals surface area (Å²) in [4.78, 5) is 0. The number of halogens is 2. The Bertz CT molecular complexity index is 508. The van der Waals surface area contributed by atoms with E-state index in [9.17, 15) is 0 Å². The molecule has 0 aliphatic rings. The summed E-state index contributed by atoms with van der Waals surface area (Å²) in [6.07, 6.45) is 0. The van der Waals surface area contributed by atoms with Gasteiger partial charge in [-0.25, -0.2) is 0 Å². The van der Waals surface area contributed by atoms with Crippen molar-refractivity contribution in [2.75, 3.05) is 0 Å². The van der Waals surface area contributed by atoms with Gasteiger partial charge in [-0.2, -0.15) is 0 Å². The maximum absolute atomic E-state index is 5.95. The zero-order valence-corrected chi connectivity index (χ0v) is 11.7. The van der Waals surface area contributed by atoms with E-state index in [2.05, 4.69) is 18.3 Å². The molecule has 1 nitrogen and oxygen atoms in total. The molecular formula is C15H15Cl2N. The molecule has 1 N–H and O–H groups in total. The summed E-state index contributed by atoms with van der Waals surface area (Å²) >= 11 is 11.8. The zero-order chi connectivity index (χ0) is 13.0. The first-order valence-electron chi connectivity index (χ1n) is 5.88. The number of rotatable bonds is 4. The topological polar surface area (TPSA) is 12.0 Å². The maximum Gasteiger partial charge on any atom is 0.0409 e. The molecule has 18 heavy (non-hydrogen) atoms. The zero-order valence-electron chi connectivity index (χ0n) is 10.2. The van der Waals surface area contributed by atoms with Crippen LogP contribution in [0.25, 0.3) is 0 Å². The van der Waals surface area contributed by atoms with Gasteiger partial charge in [-0.1, -0.05) is 47.5 Å². The fourth-order valence-corrected chi connectivity index (χ4v) is 2.13. The minimum atomic E-state index is 0.279. The van der Waals surface area contributed by atoms with Gasteiger partial charge in [0.1, 0.15) is 0 Å². The Labute approximate surface area is 118 Å². The Morgan fingerprint density at radius 1 is 1.00 bits per heavy atom. The summed E-state index contributed by atoms with van der Waals surface area (Å²) < 4.78 is 0. The van der Waals surface area contributed by atoms with E-state index in [-0.39, 0.29) is 6.04 Å². The molecule has 3 heteroatoms. The van der Waals surface area contributed by atoms with Crippen LogP contribution < -0.4 is 5.32 Å². The number of hydrogen-bond donors (Lipinski definition) is 1. The highest BCUT2D eigenvalue weighted by Gasteiger charge is 2.04. The molecule has 1 atom stereocenters. The molecule has 0 aliphatic carbocycles. The summed E-state index contributed by atoms with van der Waals surface area (Å²) in [5, 5.41) is 5.00. The summed E-state index contributed by atoms with van der Waals surface area (Å²) in [6, 6.07) is 16.1. The van der Waals surface area contributed by atoms with Crippen LogP contribution in [0.3, 0.4) is 0 Å². The lowest BCUT2D eigenvalue weighted by Gasteiger charge is -2.14. The summed E-state index contributed by atoms with van der Waals surface area (Å²) in [7, 11) is 0. The van der Waals surface area contributed by atoms with Gasteiger partial charge in [0.15, 0.2) is 0 Å². The third kappa shape index (κ3) is 3.74. The van der Waals surface area contributed by atoms with Crippen LogP contribution in [0.1, 0.15) is 24.1 Å². The van der Waals surface area contributed by atoms with Crippen molar-refractivity contribution in [3.8, 4) is 0 Å². The smallest absolute Gasteiger partial charge is 0.0409 e. The lowest BCUT2D eigenvalue weighted by molar-refractivity contribution is 0.575. The van der Waals surface area contributed by atoms with Crippen LogP contribution in [0.2, 0.25) is 10.0 Å². The molecular weight excluding hydrogens is 265 g/mol. The molecule has 0 saturated carbocycles. The summed E-state index contributed by atoms with van der Waals surface area (Å²) in [6.45, 7) is 2.93. The highest BCUT2D eigenvalue weighted by Crippen LogP contribution is 2.17. The summed E-state index contributed by atoms with van der Waals surface area (Å²) in [5.41, 5.74) is 2.41. The molecule has 0 bridgehead atoms. The van der Waals surface area contributed by atoms with Crippen LogP contribution in [-0.4, -0.2) is 0 Å². The molecule has 0 saturated heterocycles. The van der Waals surface area contributed by atoms with Crippen molar-refractivity contribution in [2.45, 2.75) is 19.5 Å². The van der Waals surface area contributed by atoms with Crippen LogP contribution >= 0.6 is 23.2 Å². The molecule has 0 aromatic heterocycles. The first kappa shape index (κ1) is 13.4. The Morgan fingerprint density at radius 2 is 1.72 bits per heavy atom. The van der Waals surface area contributed by atoms with E-state index in [1.54, 1.807) is 0 Å². The van der Waals surface area contributed by atoms with Crippen molar-refractivity contribution in [2.24, 2.45) is 0 Å². The molecule has 94 valence electrons. The quantitative estimate of drug-likeness (QED) is 0.844. The van der Waals surface area contributed by atoms with Gasteiger partial charge in [0.05, 0.1) is 0 Å². The molecule has 0 spiro atoms. The summed E-state index contributed by atoms with van der Waals surface area (Å²) in [5.74, 6) is 0. The Kier molecular flexibility index (Phi) is 4.65. The Morgan fingerprint density at radius 3 is 2.39 bits per heavy atom. The fourth-order valence-electron chi connectivity index (χ4n) is 1.79. The molecule has 0 fully saturated rings. The molecule has 0 radical (unpaired) electrons. The monoisotopic (exact) mass is 279 g/mol. The standard InChI is InChI=1S/C15H15Cl2N/c1-11(13-5-7-14(16)8-6-13)18-10-12-3-2-4-15(17)9-12/h2-9,11,18H,10H2,1H3. The maximum atomic E-state index is 5.95. The van der Waals surface area contributed by atoms with Crippen LogP contribution in [0.4, 0.5) is 0 Å². The molecule has 0 amide bonds. The third-order valence-electron chi connectivity index (χ3n) is 2.87. The van der Waals surface area contributed by atoms with Crippen molar-refractivity contribution in [3.63, 3.8) is 0 Å². The van der Waals surface area contributed by atoms with Crippen molar-refractivity contribution in [3.05, 3.63) is 69.7 Å². The predicted octanol–water partition coefficient (Wildman–Crippen LogP) is 4.84. The lowest BCUT2D eigenvalue weighted by atomic mass is 10.1. The second kappa shape index (κ2) is 6.24. The van der Waals surface area contributed by atoms with Gasteiger partial charge < -0.3 is 5.32 Å². The van der Waals surface area contributed by atoms with Gasteiger partial charge >= 0.3 is 0 Å². The highest BCUT2D eigenvalue weighted by atomic mass is 35.5. The van der Waals surface area contributed by atoms with E-state index >= 15 is 0 Å². The number of nitrogens with one attached hydrogen (secondary N) is 1. The van der Waals surface area contributed by atoms with E-state index in [0.717, 1.165) is 16.6 Å². The number of hydrogen-bond acceptors (Lipinski definition) is 1. The van der Waals surface area contributed by atoms with Crippen LogP contribution in [0, 0.1) is 0 Å². The average molecular weight is 280 g/mol. The third-order valence-corrected chi connectivity index (χ3v) is 3.36.